The number of benzene rings is 2. The quantitative estimate of drug-likeness (QED) is 0.308. The number of halogens is 2. The van der Waals surface area contributed by atoms with Crippen LogP contribution < -0.4 is 9.47 Å². The molecule has 0 radical (unpaired) electrons. The highest BCUT2D eigenvalue weighted by atomic mass is 35.5. The Labute approximate surface area is 214 Å². The van der Waals surface area contributed by atoms with Gasteiger partial charge in [-0.15, -0.1) is 0 Å². The Morgan fingerprint density at radius 2 is 1.83 bits per heavy atom. The van der Waals surface area contributed by atoms with Crippen LogP contribution in [0.2, 0.25) is 10.0 Å². The fourth-order valence-corrected chi connectivity index (χ4v) is 5.34. The molecule has 2 unspecified atom stereocenters. The SMILES string of the molecule is CCc1ccc(C2/C(=C(\O)c3cc(Cl)c(OC)c(Cl)c3OC)C(=O)C(=O)N2CC2CCCO2)cc1. The number of carbonyl (C=O) groups is 2. The molecule has 2 fully saturated rings. The van der Waals surface area contributed by atoms with Crippen LogP contribution in [0.25, 0.3) is 5.76 Å². The van der Waals surface area contributed by atoms with E-state index in [0.29, 0.717) is 12.2 Å². The van der Waals surface area contributed by atoms with Gasteiger partial charge in [0.25, 0.3) is 11.7 Å². The van der Waals surface area contributed by atoms with Crippen molar-refractivity contribution in [3.63, 3.8) is 0 Å². The zero-order valence-corrected chi connectivity index (χ0v) is 21.3. The summed E-state index contributed by atoms with van der Waals surface area (Å²) in [6.45, 7) is 2.90. The normalized spacial score (nSPS) is 21.6. The monoisotopic (exact) mass is 519 g/mol. The Bertz CT molecular complexity index is 1170. The van der Waals surface area contributed by atoms with Crippen molar-refractivity contribution >= 4 is 40.7 Å². The summed E-state index contributed by atoms with van der Waals surface area (Å²) in [7, 11) is 2.78. The van der Waals surface area contributed by atoms with Gasteiger partial charge in [-0.1, -0.05) is 54.4 Å². The molecule has 2 aliphatic heterocycles. The van der Waals surface area contributed by atoms with E-state index in [1.54, 1.807) is 0 Å². The summed E-state index contributed by atoms with van der Waals surface area (Å²) in [6, 6.07) is 8.24. The molecule has 2 heterocycles. The second-order valence-corrected chi connectivity index (χ2v) is 9.25. The van der Waals surface area contributed by atoms with Crippen molar-refractivity contribution in [2.75, 3.05) is 27.4 Å². The zero-order chi connectivity index (χ0) is 25.3. The zero-order valence-electron chi connectivity index (χ0n) is 19.8. The summed E-state index contributed by atoms with van der Waals surface area (Å²) < 4.78 is 16.4. The Morgan fingerprint density at radius 3 is 2.40 bits per heavy atom. The summed E-state index contributed by atoms with van der Waals surface area (Å²) in [5.41, 5.74) is 1.84. The minimum atomic E-state index is -0.811. The second-order valence-electron chi connectivity index (χ2n) is 8.47. The van der Waals surface area contributed by atoms with Crippen LogP contribution in [0.5, 0.6) is 11.5 Å². The summed E-state index contributed by atoms with van der Waals surface area (Å²) in [5, 5.41) is 11.6. The molecule has 2 aromatic carbocycles. The fourth-order valence-electron chi connectivity index (χ4n) is 4.65. The van der Waals surface area contributed by atoms with Crippen molar-refractivity contribution in [3.8, 4) is 11.5 Å². The van der Waals surface area contributed by atoms with Crippen LogP contribution in [-0.4, -0.2) is 55.2 Å². The van der Waals surface area contributed by atoms with Gasteiger partial charge in [0.1, 0.15) is 10.8 Å². The Balaban J connectivity index is 1.90. The first-order chi connectivity index (χ1) is 16.8. The molecule has 2 saturated heterocycles. The summed E-state index contributed by atoms with van der Waals surface area (Å²) >= 11 is 12.7. The number of aliphatic hydroxyl groups is 1. The van der Waals surface area contributed by atoms with E-state index in [1.165, 1.54) is 25.2 Å². The van der Waals surface area contributed by atoms with Crippen molar-refractivity contribution in [2.45, 2.75) is 38.3 Å². The molecule has 2 aromatic rings. The molecule has 2 aliphatic rings. The third-order valence-corrected chi connectivity index (χ3v) is 7.09. The topological polar surface area (TPSA) is 85.3 Å². The molecule has 0 aromatic heterocycles. The number of methoxy groups -OCH3 is 2. The molecule has 2 atom stereocenters. The van der Waals surface area contributed by atoms with Crippen LogP contribution in [0.3, 0.4) is 0 Å². The predicted molar refractivity (Wildman–Crippen MR) is 133 cm³/mol. The van der Waals surface area contributed by atoms with Gasteiger partial charge in [-0.25, -0.2) is 0 Å². The molecular formula is C26H27Cl2NO6. The molecule has 0 bridgehead atoms. The number of carbonyl (C=O) groups excluding carboxylic acids is 2. The highest BCUT2D eigenvalue weighted by Gasteiger charge is 2.47. The first kappa shape index (κ1) is 25.4. The third kappa shape index (κ3) is 4.60. The molecule has 0 aliphatic carbocycles. The third-order valence-electron chi connectivity index (χ3n) is 6.46. The smallest absolute Gasteiger partial charge is 0.295 e. The Hall–Kier alpha value is -2.74. The van der Waals surface area contributed by atoms with Gasteiger partial charge in [0.05, 0.1) is 42.5 Å². The molecule has 0 saturated carbocycles. The number of hydrogen-bond donors (Lipinski definition) is 1. The van der Waals surface area contributed by atoms with E-state index in [4.69, 9.17) is 37.4 Å². The van der Waals surface area contributed by atoms with E-state index in [0.717, 1.165) is 24.8 Å². The van der Waals surface area contributed by atoms with Crippen LogP contribution in [-0.2, 0) is 20.7 Å². The minimum Gasteiger partial charge on any atom is -0.507 e. The highest BCUT2D eigenvalue weighted by Crippen LogP contribution is 2.47. The molecule has 4 rings (SSSR count). The van der Waals surface area contributed by atoms with Crippen LogP contribution in [0.4, 0.5) is 0 Å². The Kier molecular flexibility index (Phi) is 7.59. The number of hydrogen-bond acceptors (Lipinski definition) is 6. The number of amides is 1. The Morgan fingerprint density at radius 1 is 1.14 bits per heavy atom. The van der Waals surface area contributed by atoms with E-state index in [1.807, 2.05) is 31.2 Å². The number of rotatable bonds is 7. The van der Waals surface area contributed by atoms with E-state index >= 15 is 0 Å². The summed E-state index contributed by atoms with van der Waals surface area (Å²) in [5.74, 6) is -1.67. The first-order valence-electron chi connectivity index (χ1n) is 11.4. The number of likely N-dealkylation sites (tertiary alicyclic amines) is 1. The second kappa shape index (κ2) is 10.5. The predicted octanol–water partition coefficient (Wildman–Crippen LogP) is 5.17. The summed E-state index contributed by atoms with van der Waals surface area (Å²) in [4.78, 5) is 28.0. The van der Waals surface area contributed by atoms with Crippen LogP contribution in [0, 0.1) is 0 Å². The van der Waals surface area contributed by atoms with Crippen molar-refractivity contribution in [3.05, 3.63) is 62.6 Å². The average Bonchev–Trinajstić information content (AvgIpc) is 3.46. The standard InChI is InChI=1S/C26H27Cl2NO6/c1-4-14-7-9-15(10-8-14)21-19(23(31)26(32)29(21)13-16-6-5-11-35-16)22(30)17-12-18(27)25(34-3)20(28)24(17)33-2/h7-10,12,16,21,30H,4-6,11,13H2,1-3H3/b22-19+. The first-order valence-corrected chi connectivity index (χ1v) is 12.2. The van der Waals surface area contributed by atoms with Crippen LogP contribution in [0.1, 0.15) is 42.5 Å². The van der Waals surface area contributed by atoms with Crippen molar-refractivity contribution in [1.82, 2.24) is 4.90 Å². The molecule has 35 heavy (non-hydrogen) atoms. The molecule has 1 N–H and O–H groups in total. The molecular weight excluding hydrogens is 493 g/mol. The lowest BCUT2D eigenvalue weighted by atomic mass is 9.94. The maximum absolute atomic E-state index is 13.3. The fraction of sp³-hybridized carbons (Fsp3) is 0.385. The van der Waals surface area contributed by atoms with Crippen molar-refractivity contribution in [2.24, 2.45) is 0 Å². The van der Waals surface area contributed by atoms with Gasteiger partial charge in [-0.2, -0.15) is 0 Å². The van der Waals surface area contributed by atoms with E-state index in [9.17, 15) is 14.7 Å². The van der Waals surface area contributed by atoms with Gasteiger partial charge in [-0.3, -0.25) is 9.59 Å². The number of aryl methyl sites for hydroxylation is 1. The van der Waals surface area contributed by atoms with Crippen LogP contribution in [0.15, 0.2) is 35.9 Å². The lowest BCUT2D eigenvalue weighted by molar-refractivity contribution is -0.140. The lowest BCUT2D eigenvalue weighted by Crippen LogP contribution is -2.36. The van der Waals surface area contributed by atoms with Gasteiger partial charge in [-0.05, 0) is 36.5 Å². The maximum Gasteiger partial charge on any atom is 0.295 e. The average molecular weight is 520 g/mol. The van der Waals surface area contributed by atoms with Gasteiger partial charge < -0.3 is 24.2 Å². The van der Waals surface area contributed by atoms with Crippen LogP contribution >= 0.6 is 23.2 Å². The number of ketones is 1. The number of ether oxygens (including phenoxy) is 3. The molecule has 9 heteroatoms. The maximum atomic E-state index is 13.3. The number of nitrogens with zero attached hydrogens (tertiary/aromatic N) is 1. The molecule has 7 nitrogen and oxygen atoms in total. The van der Waals surface area contributed by atoms with Gasteiger partial charge in [0.2, 0.25) is 0 Å². The largest absolute Gasteiger partial charge is 0.507 e. The number of aliphatic hydroxyl groups excluding tert-OH is 1. The van der Waals surface area contributed by atoms with Crippen molar-refractivity contribution < 1.29 is 28.9 Å². The highest BCUT2D eigenvalue weighted by molar-refractivity contribution is 6.47. The van der Waals surface area contributed by atoms with Gasteiger partial charge in [0, 0.05) is 13.2 Å². The molecule has 1 amide bonds. The summed E-state index contributed by atoms with van der Waals surface area (Å²) in [6.07, 6.45) is 2.35. The van der Waals surface area contributed by atoms with E-state index in [-0.39, 0.29) is 45.3 Å². The molecule has 186 valence electrons. The van der Waals surface area contributed by atoms with E-state index < -0.39 is 23.5 Å². The van der Waals surface area contributed by atoms with Crippen molar-refractivity contribution in [1.29, 1.82) is 0 Å². The van der Waals surface area contributed by atoms with Gasteiger partial charge >= 0.3 is 0 Å². The molecule has 0 spiro atoms. The lowest BCUT2D eigenvalue weighted by Gasteiger charge is -2.27. The number of Topliss-reactive ketones (excluding diaryl/α,β-unsaturated/α-hetero) is 1. The van der Waals surface area contributed by atoms with E-state index in [2.05, 4.69) is 0 Å². The minimum absolute atomic E-state index is 0.0430. The van der Waals surface area contributed by atoms with Gasteiger partial charge in [0.15, 0.2) is 11.5 Å².